The van der Waals surface area contributed by atoms with Crippen LogP contribution in [-0.4, -0.2) is 31.6 Å². The van der Waals surface area contributed by atoms with Gasteiger partial charge in [0, 0.05) is 6.92 Å². The third-order valence-electron chi connectivity index (χ3n) is 2.30. The second-order valence-electron chi connectivity index (χ2n) is 3.17. The van der Waals surface area contributed by atoms with Crippen molar-refractivity contribution in [1.82, 2.24) is 0 Å². The zero-order valence-electron chi connectivity index (χ0n) is 6.99. The Morgan fingerprint density at radius 3 is 3.08 bits per heavy atom. The van der Waals surface area contributed by atoms with E-state index in [0.29, 0.717) is 13.2 Å². The van der Waals surface area contributed by atoms with Crippen LogP contribution in [-0.2, 0) is 19.0 Å². The van der Waals surface area contributed by atoms with Crippen LogP contribution in [0, 0.1) is 5.92 Å². The van der Waals surface area contributed by atoms with E-state index >= 15 is 0 Å². The third-order valence-corrected chi connectivity index (χ3v) is 2.30. The molecule has 12 heavy (non-hydrogen) atoms. The van der Waals surface area contributed by atoms with Crippen LogP contribution in [0.3, 0.4) is 0 Å². The zero-order valence-corrected chi connectivity index (χ0v) is 6.99. The lowest BCUT2D eigenvalue weighted by molar-refractivity contribution is -0.147. The van der Waals surface area contributed by atoms with Crippen molar-refractivity contribution in [2.45, 2.75) is 25.7 Å². The molecule has 0 aliphatic carbocycles. The molecule has 0 bridgehead atoms. The highest BCUT2D eigenvalue weighted by Gasteiger charge is 2.43. The Morgan fingerprint density at radius 1 is 1.50 bits per heavy atom. The monoisotopic (exact) mass is 172 g/mol. The molecule has 0 aromatic rings. The molecule has 2 aliphatic heterocycles. The fraction of sp³-hybridized carbons (Fsp3) is 0.875. The molecule has 2 rings (SSSR count). The van der Waals surface area contributed by atoms with Crippen molar-refractivity contribution in [2.24, 2.45) is 5.92 Å². The normalized spacial score (nSPS) is 39.6. The minimum absolute atomic E-state index is 0.0880. The Kier molecular flexibility index (Phi) is 2.02. The lowest BCUT2D eigenvalue weighted by atomic mass is 10.0. The van der Waals surface area contributed by atoms with Gasteiger partial charge in [-0.3, -0.25) is 4.79 Å². The van der Waals surface area contributed by atoms with Crippen molar-refractivity contribution in [2.75, 3.05) is 13.2 Å². The van der Waals surface area contributed by atoms with Crippen molar-refractivity contribution in [3.8, 4) is 0 Å². The van der Waals surface area contributed by atoms with Gasteiger partial charge in [-0.25, -0.2) is 0 Å². The summed E-state index contributed by atoms with van der Waals surface area (Å²) in [5, 5.41) is 0. The summed E-state index contributed by atoms with van der Waals surface area (Å²) in [5.41, 5.74) is 0. The van der Waals surface area contributed by atoms with E-state index in [1.165, 1.54) is 6.92 Å². The molecule has 0 amide bonds. The molecule has 0 spiro atoms. The second kappa shape index (κ2) is 3.03. The van der Waals surface area contributed by atoms with Gasteiger partial charge in [-0.05, 0) is 6.42 Å². The number of hydrogen-bond donors (Lipinski definition) is 0. The third kappa shape index (κ3) is 1.32. The van der Waals surface area contributed by atoms with E-state index in [1.807, 2.05) is 0 Å². The highest BCUT2D eigenvalue weighted by Crippen LogP contribution is 2.32. The van der Waals surface area contributed by atoms with Crippen LogP contribution in [0.1, 0.15) is 13.3 Å². The van der Waals surface area contributed by atoms with Gasteiger partial charge in [-0.2, -0.15) is 0 Å². The van der Waals surface area contributed by atoms with Crippen LogP contribution < -0.4 is 0 Å². The fourth-order valence-electron chi connectivity index (χ4n) is 1.76. The maximum Gasteiger partial charge on any atom is 0.302 e. The molecule has 0 saturated carbocycles. The molecule has 2 aliphatic rings. The van der Waals surface area contributed by atoms with E-state index in [0.717, 1.165) is 6.42 Å². The smallest absolute Gasteiger partial charge is 0.302 e. The Morgan fingerprint density at radius 2 is 2.33 bits per heavy atom. The summed E-state index contributed by atoms with van der Waals surface area (Å²) in [6, 6.07) is 0. The first kappa shape index (κ1) is 8.01. The molecule has 2 heterocycles. The van der Waals surface area contributed by atoms with Crippen LogP contribution in [0.25, 0.3) is 0 Å². The Labute approximate surface area is 70.8 Å². The number of fused-ring (bicyclic) bond motifs is 1. The summed E-state index contributed by atoms with van der Waals surface area (Å²) in [6.45, 7) is 2.62. The summed E-state index contributed by atoms with van der Waals surface area (Å²) in [4.78, 5) is 10.7. The molecule has 0 aromatic heterocycles. The zero-order chi connectivity index (χ0) is 8.55. The number of esters is 1. The van der Waals surface area contributed by atoms with Crippen molar-refractivity contribution in [3.63, 3.8) is 0 Å². The maximum absolute atomic E-state index is 10.7. The minimum atomic E-state index is -0.240. The molecular weight excluding hydrogens is 160 g/mol. The van der Waals surface area contributed by atoms with Crippen molar-refractivity contribution >= 4 is 5.97 Å². The molecule has 0 N–H and O–H groups in total. The lowest BCUT2D eigenvalue weighted by Gasteiger charge is -2.13. The van der Waals surface area contributed by atoms with Gasteiger partial charge < -0.3 is 14.2 Å². The lowest BCUT2D eigenvalue weighted by Crippen LogP contribution is -2.25. The average molecular weight is 172 g/mol. The van der Waals surface area contributed by atoms with Gasteiger partial charge in [-0.15, -0.1) is 0 Å². The Hall–Kier alpha value is -0.610. The molecule has 2 saturated heterocycles. The molecule has 4 heteroatoms. The SMILES string of the molecule is CC(=O)O[C@H]1COC2OCCC21. The van der Waals surface area contributed by atoms with E-state index in [9.17, 15) is 4.79 Å². The van der Waals surface area contributed by atoms with Gasteiger partial charge in [0.2, 0.25) is 0 Å². The van der Waals surface area contributed by atoms with Gasteiger partial charge in [0.15, 0.2) is 6.29 Å². The van der Waals surface area contributed by atoms with E-state index < -0.39 is 0 Å². The average Bonchev–Trinajstić information content (AvgIpc) is 2.52. The van der Waals surface area contributed by atoms with Crippen LogP contribution in [0.4, 0.5) is 0 Å². The largest absolute Gasteiger partial charge is 0.460 e. The molecule has 2 fully saturated rings. The van der Waals surface area contributed by atoms with Crippen molar-refractivity contribution < 1.29 is 19.0 Å². The minimum Gasteiger partial charge on any atom is -0.460 e. The maximum atomic E-state index is 10.7. The van der Waals surface area contributed by atoms with Gasteiger partial charge in [0.1, 0.15) is 6.10 Å². The molecule has 2 unspecified atom stereocenters. The van der Waals surface area contributed by atoms with Crippen LogP contribution in [0.2, 0.25) is 0 Å². The number of carbonyl (C=O) groups is 1. The van der Waals surface area contributed by atoms with Crippen LogP contribution in [0.15, 0.2) is 0 Å². The summed E-state index contributed by atoms with van der Waals surface area (Å²) in [5.74, 6) is 0.0186. The molecule has 4 nitrogen and oxygen atoms in total. The number of ether oxygens (including phenoxy) is 3. The van der Waals surface area contributed by atoms with E-state index in [4.69, 9.17) is 14.2 Å². The van der Waals surface area contributed by atoms with Gasteiger partial charge in [0.25, 0.3) is 0 Å². The Bertz CT molecular complexity index is 191. The molecule has 0 radical (unpaired) electrons. The first-order valence-corrected chi connectivity index (χ1v) is 4.18. The quantitative estimate of drug-likeness (QED) is 0.534. The summed E-state index contributed by atoms with van der Waals surface area (Å²) in [6.07, 6.45) is 0.715. The summed E-state index contributed by atoms with van der Waals surface area (Å²) < 4.78 is 15.6. The van der Waals surface area contributed by atoms with Crippen molar-refractivity contribution in [1.29, 1.82) is 0 Å². The summed E-state index contributed by atoms with van der Waals surface area (Å²) in [7, 11) is 0. The second-order valence-corrected chi connectivity index (χ2v) is 3.17. The molecular formula is C8H12O4. The predicted octanol–water partition coefficient (Wildman–Crippen LogP) is 0.311. The van der Waals surface area contributed by atoms with E-state index in [-0.39, 0.29) is 24.3 Å². The van der Waals surface area contributed by atoms with Gasteiger partial charge in [-0.1, -0.05) is 0 Å². The number of carbonyl (C=O) groups excluding carboxylic acids is 1. The van der Waals surface area contributed by atoms with Crippen molar-refractivity contribution in [3.05, 3.63) is 0 Å². The Balaban J connectivity index is 1.95. The molecule has 0 aromatic carbocycles. The fourth-order valence-corrected chi connectivity index (χ4v) is 1.76. The van der Waals surface area contributed by atoms with Crippen LogP contribution in [0.5, 0.6) is 0 Å². The predicted molar refractivity (Wildman–Crippen MR) is 39.4 cm³/mol. The number of rotatable bonds is 1. The molecule has 3 atom stereocenters. The van der Waals surface area contributed by atoms with Crippen LogP contribution >= 0.6 is 0 Å². The van der Waals surface area contributed by atoms with E-state index in [1.54, 1.807) is 0 Å². The first-order chi connectivity index (χ1) is 5.77. The molecule has 68 valence electrons. The van der Waals surface area contributed by atoms with Gasteiger partial charge >= 0.3 is 5.97 Å². The highest BCUT2D eigenvalue weighted by atomic mass is 16.7. The standard InChI is InChI=1S/C8H12O4/c1-5(9)12-7-4-11-8-6(7)2-3-10-8/h6-8H,2-4H2,1H3/t6?,7-,8?/m0/s1. The van der Waals surface area contributed by atoms with Gasteiger partial charge in [0.05, 0.1) is 19.1 Å². The highest BCUT2D eigenvalue weighted by molar-refractivity contribution is 5.66. The van der Waals surface area contributed by atoms with E-state index in [2.05, 4.69) is 0 Å². The number of hydrogen-bond acceptors (Lipinski definition) is 4. The topological polar surface area (TPSA) is 44.8 Å². The summed E-state index contributed by atoms with van der Waals surface area (Å²) >= 11 is 0. The first-order valence-electron chi connectivity index (χ1n) is 4.18.